The Morgan fingerprint density at radius 2 is 1.31 bits per heavy atom. The third-order valence-electron chi connectivity index (χ3n) is 4.06. The molecule has 0 aliphatic heterocycles. The van der Waals surface area contributed by atoms with Crippen molar-refractivity contribution in [2.24, 2.45) is 0 Å². The first-order chi connectivity index (χ1) is 12.8. The summed E-state index contributed by atoms with van der Waals surface area (Å²) in [5.74, 6) is 1.39. The second kappa shape index (κ2) is 7.42. The van der Waals surface area contributed by atoms with Crippen molar-refractivity contribution in [3.05, 3.63) is 101 Å². The van der Waals surface area contributed by atoms with Crippen molar-refractivity contribution < 1.29 is 4.42 Å². The lowest BCUT2D eigenvalue weighted by atomic mass is 10.1. The van der Waals surface area contributed by atoms with Crippen LogP contribution in [0.3, 0.4) is 0 Å². The standard InChI is InChI=1S/C23H16ClNO/c24-21-14-10-18(11-15-21)7-6-17-8-12-20(13-9-17)23-25-16-22(26-23)19-4-2-1-3-5-19/h1-16H/b7-6+. The maximum Gasteiger partial charge on any atom is 0.226 e. The molecule has 0 saturated heterocycles. The molecule has 0 N–H and O–H groups in total. The zero-order chi connectivity index (χ0) is 17.8. The third-order valence-corrected chi connectivity index (χ3v) is 4.31. The summed E-state index contributed by atoms with van der Waals surface area (Å²) in [4.78, 5) is 4.40. The fraction of sp³-hybridized carbons (Fsp3) is 0. The van der Waals surface area contributed by atoms with Gasteiger partial charge in [0.1, 0.15) is 0 Å². The van der Waals surface area contributed by atoms with Gasteiger partial charge in [-0.15, -0.1) is 0 Å². The third kappa shape index (κ3) is 3.76. The first-order valence-electron chi connectivity index (χ1n) is 8.33. The molecular formula is C23H16ClNO. The van der Waals surface area contributed by atoms with E-state index < -0.39 is 0 Å². The van der Waals surface area contributed by atoms with Crippen molar-refractivity contribution in [3.8, 4) is 22.8 Å². The van der Waals surface area contributed by atoms with Gasteiger partial charge in [-0.25, -0.2) is 4.98 Å². The van der Waals surface area contributed by atoms with Crippen LogP contribution in [0.4, 0.5) is 0 Å². The average Bonchev–Trinajstić information content (AvgIpc) is 3.19. The molecule has 0 spiro atoms. The maximum atomic E-state index is 5.91. The molecule has 4 rings (SSSR count). The van der Waals surface area contributed by atoms with Crippen LogP contribution in [0.15, 0.2) is 89.5 Å². The van der Waals surface area contributed by atoms with Crippen LogP contribution in [0.25, 0.3) is 34.9 Å². The first kappa shape index (κ1) is 16.4. The fourth-order valence-corrected chi connectivity index (χ4v) is 2.77. The van der Waals surface area contributed by atoms with E-state index in [0.717, 1.165) is 33.0 Å². The quantitative estimate of drug-likeness (QED) is 0.374. The number of nitrogens with zero attached hydrogens (tertiary/aromatic N) is 1. The molecule has 0 aliphatic rings. The molecule has 1 heterocycles. The normalized spacial score (nSPS) is 11.1. The van der Waals surface area contributed by atoms with Gasteiger partial charge in [-0.3, -0.25) is 0 Å². The van der Waals surface area contributed by atoms with E-state index in [9.17, 15) is 0 Å². The largest absolute Gasteiger partial charge is 0.436 e. The zero-order valence-corrected chi connectivity index (χ0v) is 14.7. The summed E-state index contributed by atoms with van der Waals surface area (Å²) < 4.78 is 5.89. The van der Waals surface area contributed by atoms with E-state index in [1.165, 1.54) is 0 Å². The molecule has 26 heavy (non-hydrogen) atoms. The molecule has 0 aliphatic carbocycles. The van der Waals surface area contributed by atoms with Crippen LogP contribution in [0.2, 0.25) is 5.02 Å². The van der Waals surface area contributed by atoms with E-state index >= 15 is 0 Å². The highest BCUT2D eigenvalue weighted by atomic mass is 35.5. The molecule has 126 valence electrons. The number of aromatic nitrogens is 1. The van der Waals surface area contributed by atoms with Crippen LogP contribution < -0.4 is 0 Å². The summed E-state index contributed by atoms with van der Waals surface area (Å²) >= 11 is 5.91. The summed E-state index contributed by atoms with van der Waals surface area (Å²) in [6, 6.07) is 25.9. The van der Waals surface area contributed by atoms with E-state index in [4.69, 9.17) is 16.0 Å². The van der Waals surface area contributed by atoms with Crippen LogP contribution in [-0.4, -0.2) is 4.98 Å². The lowest BCUT2D eigenvalue weighted by Crippen LogP contribution is -1.78. The van der Waals surface area contributed by atoms with Crippen LogP contribution in [0.1, 0.15) is 11.1 Å². The van der Waals surface area contributed by atoms with Crippen LogP contribution in [0.5, 0.6) is 0 Å². The Balaban J connectivity index is 1.51. The van der Waals surface area contributed by atoms with E-state index in [2.05, 4.69) is 17.1 Å². The fourth-order valence-electron chi connectivity index (χ4n) is 2.65. The summed E-state index contributed by atoms with van der Waals surface area (Å²) in [7, 11) is 0. The molecule has 3 heteroatoms. The van der Waals surface area contributed by atoms with Gasteiger partial charge >= 0.3 is 0 Å². The number of oxazole rings is 1. The Kier molecular flexibility index (Phi) is 4.67. The van der Waals surface area contributed by atoms with Gasteiger partial charge in [-0.05, 0) is 35.4 Å². The molecule has 0 atom stereocenters. The van der Waals surface area contributed by atoms with Crippen molar-refractivity contribution in [1.82, 2.24) is 4.98 Å². The predicted molar refractivity (Wildman–Crippen MR) is 108 cm³/mol. The van der Waals surface area contributed by atoms with Gasteiger partial charge in [0, 0.05) is 16.1 Å². The summed E-state index contributed by atoms with van der Waals surface area (Å²) in [5.41, 5.74) is 4.20. The highest BCUT2D eigenvalue weighted by molar-refractivity contribution is 6.30. The van der Waals surface area contributed by atoms with Gasteiger partial charge in [0.15, 0.2) is 5.76 Å². The topological polar surface area (TPSA) is 26.0 Å². The lowest BCUT2D eigenvalue weighted by molar-refractivity contribution is 0.589. The molecule has 0 amide bonds. The smallest absolute Gasteiger partial charge is 0.226 e. The molecule has 0 bridgehead atoms. The minimum absolute atomic E-state index is 0.622. The number of rotatable bonds is 4. The highest BCUT2D eigenvalue weighted by Gasteiger charge is 2.07. The number of hydrogen-bond acceptors (Lipinski definition) is 2. The molecule has 0 saturated carbocycles. The second-order valence-corrected chi connectivity index (χ2v) is 6.34. The van der Waals surface area contributed by atoms with E-state index in [1.54, 1.807) is 6.20 Å². The molecule has 2 nitrogen and oxygen atoms in total. The van der Waals surface area contributed by atoms with Gasteiger partial charge in [-0.1, -0.05) is 78.4 Å². The molecule has 0 fully saturated rings. The van der Waals surface area contributed by atoms with Gasteiger partial charge in [0.05, 0.1) is 6.20 Å². The highest BCUT2D eigenvalue weighted by Crippen LogP contribution is 2.26. The minimum atomic E-state index is 0.622. The van der Waals surface area contributed by atoms with E-state index in [0.29, 0.717) is 5.89 Å². The Hall–Kier alpha value is -3.10. The van der Waals surface area contributed by atoms with Crippen LogP contribution in [0, 0.1) is 0 Å². The van der Waals surface area contributed by atoms with Crippen molar-refractivity contribution >= 4 is 23.8 Å². The van der Waals surface area contributed by atoms with Gasteiger partial charge < -0.3 is 4.42 Å². The number of hydrogen-bond donors (Lipinski definition) is 0. The van der Waals surface area contributed by atoms with Crippen molar-refractivity contribution in [3.63, 3.8) is 0 Å². The predicted octanol–water partition coefficient (Wildman–Crippen LogP) is 6.83. The Morgan fingerprint density at radius 3 is 1.96 bits per heavy atom. The monoisotopic (exact) mass is 357 g/mol. The van der Waals surface area contributed by atoms with Gasteiger partial charge in [0.25, 0.3) is 0 Å². The van der Waals surface area contributed by atoms with Crippen molar-refractivity contribution in [2.45, 2.75) is 0 Å². The average molecular weight is 358 g/mol. The van der Waals surface area contributed by atoms with E-state index in [-0.39, 0.29) is 0 Å². The summed E-state index contributed by atoms with van der Waals surface area (Å²) in [6.45, 7) is 0. The summed E-state index contributed by atoms with van der Waals surface area (Å²) in [6.07, 6.45) is 5.89. The maximum absolute atomic E-state index is 5.91. The van der Waals surface area contributed by atoms with Crippen LogP contribution in [-0.2, 0) is 0 Å². The molecule has 0 radical (unpaired) electrons. The lowest BCUT2D eigenvalue weighted by Gasteiger charge is -1.99. The minimum Gasteiger partial charge on any atom is -0.436 e. The summed E-state index contributed by atoms with van der Waals surface area (Å²) in [5, 5.41) is 0.743. The Labute approximate surface area is 157 Å². The molecule has 4 aromatic rings. The number of halogens is 1. The Morgan fingerprint density at radius 1 is 0.692 bits per heavy atom. The first-order valence-corrected chi connectivity index (χ1v) is 8.71. The van der Waals surface area contributed by atoms with Crippen LogP contribution >= 0.6 is 11.6 Å². The Bertz CT molecular complexity index is 1020. The number of benzene rings is 3. The molecule has 1 aromatic heterocycles. The second-order valence-electron chi connectivity index (χ2n) is 5.90. The van der Waals surface area contributed by atoms with Crippen molar-refractivity contribution in [2.75, 3.05) is 0 Å². The SMILES string of the molecule is Clc1ccc(/C=C/c2ccc(-c3ncc(-c4ccccc4)o3)cc2)cc1. The molecule has 3 aromatic carbocycles. The molecule has 0 unspecified atom stereocenters. The van der Waals surface area contributed by atoms with Gasteiger partial charge in [-0.2, -0.15) is 0 Å². The van der Waals surface area contributed by atoms with Gasteiger partial charge in [0.2, 0.25) is 5.89 Å². The van der Waals surface area contributed by atoms with Crippen molar-refractivity contribution in [1.29, 1.82) is 0 Å². The molecular weight excluding hydrogens is 342 g/mol. The van der Waals surface area contributed by atoms with E-state index in [1.807, 2.05) is 78.9 Å². The zero-order valence-electron chi connectivity index (χ0n) is 14.0.